The number of methoxy groups -OCH3 is 1. The maximum atomic E-state index is 12.1. The van der Waals surface area contributed by atoms with E-state index in [1.165, 1.54) is 6.21 Å². The first kappa shape index (κ1) is 24.5. The first-order chi connectivity index (χ1) is 15.4. The predicted molar refractivity (Wildman–Crippen MR) is 122 cm³/mol. The van der Waals surface area contributed by atoms with E-state index in [1.807, 2.05) is 32.0 Å². The molecule has 0 spiro atoms. The molecular formula is C23H28N4O5. The van der Waals surface area contributed by atoms with E-state index in [-0.39, 0.29) is 12.5 Å². The molecule has 0 fully saturated rings. The minimum absolute atomic E-state index is 0.129. The highest BCUT2D eigenvalue weighted by Crippen LogP contribution is 2.16. The lowest BCUT2D eigenvalue weighted by molar-refractivity contribution is -0.139. The number of rotatable bonds is 10. The van der Waals surface area contributed by atoms with Crippen LogP contribution in [0.4, 0.5) is 5.69 Å². The monoisotopic (exact) mass is 440 g/mol. The Kier molecular flexibility index (Phi) is 9.86. The predicted octanol–water partition coefficient (Wildman–Crippen LogP) is 1.92. The third-order valence-corrected chi connectivity index (χ3v) is 4.31. The Morgan fingerprint density at radius 3 is 2.50 bits per heavy atom. The number of hydrogen-bond donors (Lipinski definition) is 3. The summed E-state index contributed by atoms with van der Waals surface area (Å²) in [7, 11) is 1.56. The summed E-state index contributed by atoms with van der Waals surface area (Å²) in [5, 5.41) is 9.06. The molecule has 2 aromatic carbocycles. The molecule has 0 unspecified atom stereocenters. The summed E-state index contributed by atoms with van der Waals surface area (Å²) < 4.78 is 10.4. The molecule has 3 amide bonds. The molecule has 2 rings (SSSR count). The second kappa shape index (κ2) is 12.9. The van der Waals surface area contributed by atoms with Gasteiger partial charge >= 0.3 is 11.8 Å². The number of nitrogens with zero attached hydrogens (tertiary/aromatic N) is 1. The fourth-order valence-electron chi connectivity index (χ4n) is 2.57. The van der Waals surface area contributed by atoms with Gasteiger partial charge in [0, 0.05) is 25.9 Å². The van der Waals surface area contributed by atoms with Crippen molar-refractivity contribution in [3.05, 3.63) is 59.2 Å². The van der Waals surface area contributed by atoms with E-state index < -0.39 is 11.8 Å². The minimum Gasteiger partial charge on any atom is -0.484 e. The van der Waals surface area contributed by atoms with Crippen LogP contribution in [0.1, 0.15) is 23.1 Å². The summed E-state index contributed by atoms with van der Waals surface area (Å²) in [6.45, 7) is 4.59. The molecule has 0 saturated carbocycles. The summed E-state index contributed by atoms with van der Waals surface area (Å²) in [4.78, 5) is 35.4. The first-order valence-electron chi connectivity index (χ1n) is 10.1. The second-order valence-electron chi connectivity index (χ2n) is 7.03. The van der Waals surface area contributed by atoms with E-state index in [0.717, 1.165) is 16.8 Å². The molecule has 0 aliphatic rings. The van der Waals surface area contributed by atoms with Gasteiger partial charge in [-0.3, -0.25) is 14.4 Å². The van der Waals surface area contributed by atoms with Crippen molar-refractivity contribution in [3.63, 3.8) is 0 Å². The van der Waals surface area contributed by atoms with Crippen molar-refractivity contribution in [2.24, 2.45) is 5.10 Å². The molecule has 0 radical (unpaired) electrons. The van der Waals surface area contributed by atoms with E-state index in [4.69, 9.17) is 9.47 Å². The van der Waals surface area contributed by atoms with Gasteiger partial charge in [0.15, 0.2) is 6.61 Å². The quantitative estimate of drug-likeness (QED) is 0.226. The zero-order valence-electron chi connectivity index (χ0n) is 18.4. The zero-order chi connectivity index (χ0) is 23.3. The molecule has 0 bridgehead atoms. The number of carbonyl (C=O) groups excluding carboxylic acids is 3. The molecule has 9 heteroatoms. The average Bonchev–Trinajstić information content (AvgIpc) is 2.78. The zero-order valence-corrected chi connectivity index (χ0v) is 18.4. The Bertz CT molecular complexity index is 957. The van der Waals surface area contributed by atoms with Gasteiger partial charge in [0.25, 0.3) is 5.91 Å². The standard InChI is InChI=1S/C23H28N4O5/c1-16-5-6-17(2)20(13-16)26-21(28)15-32-19-9-7-18(8-10-19)14-25-27-23(30)22(29)24-11-4-12-31-3/h5-10,13-14H,4,11-12,15H2,1-3H3,(H,24,29)(H,26,28)(H,27,30)/b25-14-. The van der Waals surface area contributed by atoms with E-state index in [0.29, 0.717) is 30.9 Å². The smallest absolute Gasteiger partial charge is 0.329 e. The van der Waals surface area contributed by atoms with Gasteiger partial charge in [-0.05, 0) is 67.3 Å². The van der Waals surface area contributed by atoms with Gasteiger partial charge < -0.3 is 20.1 Å². The van der Waals surface area contributed by atoms with E-state index in [2.05, 4.69) is 21.2 Å². The number of anilines is 1. The Morgan fingerprint density at radius 1 is 1.03 bits per heavy atom. The summed E-state index contributed by atoms with van der Waals surface area (Å²) in [5.74, 6) is -1.36. The Morgan fingerprint density at radius 2 is 1.78 bits per heavy atom. The second-order valence-corrected chi connectivity index (χ2v) is 7.03. The van der Waals surface area contributed by atoms with Gasteiger partial charge in [-0.2, -0.15) is 5.10 Å². The van der Waals surface area contributed by atoms with Crippen LogP contribution in [0.15, 0.2) is 47.6 Å². The van der Waals surface area contributed by atoms with Crippen LogP contribution >= 0.6 is 0 Å². The van der Waals surface area contributed by atoms with Crippen molar-refractivity contribution in [1.82, 2.24) is 10.7 Å². The number of carbonyl (C=O) groups is 3. The topological polar surface area (TPSA) is 118 Å². The Hall–Kier alpha value is -3.72. The third kappa shape index (κ3) is 8.57. The molecule has 0 aromatic heterocycles. The number of aryl methyl sites for hydroxylation is 2. The van der Waals surface area contributed by atoms with E-state index in [9.17, 15) is 14.4 Å². The van der Waals surface area contributed by atoms with Gasteiger partial charge in [-0.15, -0.1) is 0 Å². The van der Waals surface area contributed by atoms with Crippen molar-refractivity contribution >= 4 is 29.6 Å². The van der Waals surface area contributed by atoms with Crippen LogP contribution in [0.25, 0.3) is 0 Å². The third-order valence-electron chi connectivity index (χ3n) is 4.31. The fourth-order valence-corrected chi connectivity index (χ4v) is 2.57. The van der Waals surface area contributed by atoms with Crippen LogP contribution in [-0.4, -0.2) is 50.8 Å². The van der Waals surface area contributed by atoms with Crippen LogP contribution in [0, 0.1) is 13.8 Å². The normalized spacial score (nSPS) is 10.6. The molecule has 0 aliphatic carbocycles. The number of hydrogen-bond acceptors (Lipinski definition) is 6. The molecule has 0 heterocycles. The highest BCUT2D eigenvalue weighted by Gasteiger charge is 2.11. The molecule has 170 valence electrons. The summed E-state index contributed by atoms with van der Waals surface area (Å²) in [6, 6.07) is 12.6. The highest BCUT2D eigenvalue weighted by molar-refractivity contribution is 6.35. The summed E-state index contributed by atoms with van der Waals surface area (Å²) in [6.07, 6.45) is 2.01. The molecule has 0 aliphatic heterocycles. The molecule has 0 atom stereocenters. The molecule has 0 saturated heterocycles. The Labute approximate surface area is 187 Å². The molecule has 32 heavy (non-hydrogen) atoms. The fraction of sp³-hybridized carbons (Fsp3) is 0.304. The number of ether oxygens (including phenoxy) is 2. The van der Waals surface area contributed by atoms with E-state index in [1.54, 1.807) is 31.4 Å². The van der Waals surface area contributed by atoms with Crippen LogP contribution < -0.4 is 20.8 Å². The van der Waals surface area contributed by atoms with Crippen LogP contribution in [0.2, 0.25) is 0 Å². The van der Waals surface area contributed by atoms with E-state index >= 15 is 0 Å². The minimum atomic E-state index is -0.853. The maximum Gasteiger partial charge on any atom is 0.329 e. The largest absolute Gasteiger partial charge is 0.484 e. The van der Waals surface area contributed by atoms with Crippen LogP contribution in [0.3, 0.4) is 0 Å². The molecular weight excluding hydrogens is 412 g/mol. The lowest BCUT2D eigenvalue weighted by Gasteiger charge is -2.10. The first-order valence-corrected chi connectivity index (χ1v) is 10.1. The van der Waals surface area contributed by atoms with Crippen molar-refractivity contribution in [2.45, 2.75) is 20.3 Å². The van der Waals surface area contributed by atoms with Gasteiger partial charge in [-0.1, -0.05) is 12.1 Å². The highest BCUT2D eigenvalue weighted by atomic mass is 16.5. The lowest BCUT2D eigenvalue weighted by atomic mass is 10.1. The number of hydrazone groups is 1. The molecule has 9 nitrogen and oxygen atoms in total. The maximum absolute atomic E-state index is 12.1. The number of amides is 3. The van der Waals surface area contributed by atoms with Crippen molar-refractivity contribution in [1.29, 1.82) is 0 Å². The van der Waals surface area contributed by atoms with Gasteiger partial charge in [0.2, 0.25) is 0 Å². The number of benzene rings is 2. The Balaban J connectivity index is 1.75. The van der Waals surface area contributed by atoms with Gasteiger partial charge in [-0.25, -0.2) is 5.43 Å². The van der Waals surface area contributed by atoms with Crippen LogP contribution in [0.5, 0.6) is 5.75 Å². The summed E-state index contributed by atoms with van der Waals surface area (Å²) in [5.41, 5.74) is 5.63. The molecule has 2 aromatic rings. The van der Waals surface area contributed by atoms with Gasteiger partial charge in [0.1, 0.15) is 5.75 Å². The van der Waals surface area contributed by atoms with Crippen molar-refractivity contribution < 1.29 is 23.9 Å². The van der Waals surface area contributed by atoms with Crippen molar-refractivity contribution in [3.8, 4) is 5.75 Å². The van der Waals surface area contributed by atoms with Gasteiger partial charge in [0.05, 0.1) is 6.21 Å². The summed E-state index contributed by atoms with van der Waals surface area (Å²) >= 11 is 0. The SMILES string of the molecule is COCCCNC(=O)C(=O)N/N=C\c1ccc(OCC(=O)Nc2cc(C)ccc2C)cc1. The average molecular weight is 441 g/mol. The molecule has 3 N–H and O–H groups in total. The van der Waals surface area contributed by atoms with Crippen LogP contribution in [-0.2, 0) is 19.1 Å². The lowest BCUT2D eigenvalue weighted by Crippen LogP contribution is -2.38. The van der Waals surface area contributed by atoms with Crippen molar-refractivity contribution in [2.75, 3.05) is 32.2 Å². The number of nitrogens with one attached hydrogen (secondary N) is 3.